The van der Waals surface area contributed by atoms with Gasteiger partial charge in [0.15, 0.2) is 5.78 Å². The lowest BCUT2D eigenvalue weighted by Crippen LogP contribution is -2.09. The molecular weight excluding hydrogens is 352 g/mol. The van der Waals surface area contributed by atoms with Crippen molar-refractivity contribution in [1.29, 1.82) is 0 Å². The summed E-state index contributed by atoms with van der Waals surface area (Å²) in [6.07, 6.45) is 9.39. The molecule has 136 valence electrons. The number of aromatic nitrogens is 4. The predicted molar refractivity (Wildman–Crippen MR) is 107 cm³/mol. The van der Waals surface area contributed by atoms with Crippen molar-refractivity contribution in [3.8, 4) is 22.5 Å². The number of ketones is 1. The predicted octanol–water partition coefficient (Wildman–Crippen LogP) is 3.00. The van der Waals surface area contributed by atoms with Crippen LogP contribution in [-0.2, 0) is 0 Å². The quantitative estimate of drug-likeness (QED) is 0.419. The first kappa shape index (κ1) is 17.3. The fourth-order valence-electron chi connectivity index (χ4n) is 3.09. The summed E-state index contributed by atoms with van der Waals surface area (Å²) in [6, 6.07) is 10.3. The number of anilines is 2. The van der Waals surface area contributed by atoms with Gasteiger partial charge in [0.2, 0.25) is 0 Å². The van der Waals surface area contributed by atoms with Crippen LogP contribution in [0.3, 0.4) is 0 Å². The van der Waals surface area contributed by atoms with E-state index in [4.69, 9.17) is 11.5 Å². The maximum Gasteiger partial charge on any atom is 0.194 e. The second-order valence-electron chi connectivity index (χ2n) is 6.05. The molecule has 4 aromatic rings. The third-order valence-electron chi connectivity index (χ3n) is 4.32. The molecule has 0 atom stereocenters. The van der Waals surface area contributed by atoms with Crippen molar-refractivity contribution in [2.75, 3.05) is 11.5 Å². The highest BCUT2D eigenvalue weighted by Crippen LogP contribution is 2.34. The van der Waals surface area contributed by atoms with Crippen LogP contribution in [-0.4, -0.2) is 25.7 Å². The average Bonchev–Trinajstić information content (AvgIpc) is 2.74. The lowest BCUT2D eigenvalue weighted by atomic mass is 9.91. The van der Waals surface area contributed by atoms with E-state index in [2.05, 4.69) is 19.9 Å². The van der Waals surface area contributed by atoms with Crippen molar-refractivity contribution in [1.82, 2.24) is 19.9 Å². The molecule has 7 nitrogen and oxygen atoms in total. The van der Waals surface area contributed by atoms with Crippen molar-refractivity contribution in [2.24, 2.45) is 0 Å². The highest BCUT2D eigenvalue weighted by Gasteiger charge is 2.22. The largest absolute Gasteiger partial charge is 0.398 e. The summed E-state index contributed by atoms with van der Waals surface area (Å²) in [4.78, 5) is 30.3. The molecule has 0 spiro atoms. The van der Waals surface area contributed by atoms with Gasteiger partial charge in [-0.25, -0.2) is 0 Å². The Morgan fingerprint density at radius 3 is 1.54 bits per heavy atom. The van der Waals surface area contributed by atoms with E-state index < -0.39 is 0 Å². The monoisotopic (exact) mass is 368 g/mol. The first-order valence-corrected chi connectivity index (χ1v) is 8.51. The van der Waals surface area contributed by atoms with Crippen molar-refractivity contribution in [3.05, 3.63) is 84.7 Å². The van der Waals surface area contributed by atoms with E-state index in [0.717, 1.165) is 0 Å². The second-order valence-corrected chi connectivity index (χ2v) is 6.05. The molecule has 0 aliphatic rings. The number of nitrogen functional groups attached to an aromatic ring is 2. The Hall–Kier alpha value is -4.13. The van der Waals surface area contributed by atoms with Gasteiger partial charge in [-0.15, -0.1) is 0 Å². The third kappa shape index (κ3) is 3.05. The van der Waals surface area contributed by atoms with Gasteiger partial charge in [0.1, 0.15) is 0 Å². The molecular formula is C21H16N6O. The number of nitrogens with zero attached hydrogens (tertiary/aromatic N) is 4. The third-order valence-corrected chi connectivity index (χ3v) is 4.32. The molecule has 2 aromatic carbocycles. The summed E-state index contributed by atoms with van der Waals surface area (Å²) in [5.41, 5.74) is 16.2. The van der Waals surface area contributed by atoms with Crippen LogP contribution in [0.5, 0.6) is 0 Å². The fourth-order valence-corrected chi connectivity index (χ4v) is 3.09. The van der Waals surface area contributed by atoms with Gasteiger partial charge in [0.05, 0.1) is 23.8 Å². The molecule has 2 heterocycles. The summed E-state index contributed by atoms with van der Waals surface area (Å²) in [7, 11) is 0. The fraction of sp³-hybridized carbons (Fsp3) is 0. The minimum atomic E-state index is -0.235. The van der Waals surface area contributed by atoms with Gasteiger partial charge in [-0.3, -0.25) is 24.7 Å². The Morgan fingerprint density at radius 1 is 0.679 bits per heavy atom. The Labute approximate surface area is 161 Å². The highest BCUT2D eigenvalue weighted by atomic mass is 16.1. The first-order valence-electron chi connectivity index (χ1n) is 8.51. The number of hydrogen-bond donors (Lipinski definition) is 2. The van der Waals surface area contributed by atoms with Crippen LogP contribution in [0, 0.1) is 0 Å². The number of rotatable bonds is 4. The number of hydrogen-bond acceptors (Lipinski definition) is 7. The van der Waals surface area contributed by atoms with E-state index >= 15 is 0 Å². The molecule has 0 aliphatic carbocycles. The smallest absolute Gasteiger partial charge is 0.194 e. The van der Waals surface area contributed by atoms with Crippen LogP contribution in [0.1, 0.15) is 15.9 Å². The SMILES string of the molecule is Nc1cccc(C(=O)c2cccc(N)c2-c2cnccn2)c1-c1cnccn1. The summed E-state index contributed by atoms with van der Waals surface area (Å²) in [6.45, 7) is 0. The lowest BCUT2D eigenvalue weighted by molar-refractivity contribution is 0.104. The molecule has 0 radical (unpaired) electrons. The summed E-state index contributed by atoms with van der Waals surface area (Å²) < 4.78 is 0. The second kappa shape index (κ2) is 7.24. The summed E-state index contributed by atoms with van der Waals surface area (Å²) in [5, 5.41) is 0. The van der Waals surface area contributed by atoms with E-state index in [1.807, 2.05) is 0 Å². The maximum atomic E-state index is 13.5. The van der Waals surface area contributed by atoms with Gasteiger partial charge in [-0.2, -0.15) is 0 Å². The minimum Gasteiger partial charge on any atom is -0.398 e. The molecule has 0 saturated heterocycles. The van der Waals surface area contributed by atoms with Crippen molar-refractivity contribution >= 4 is 17.2 Å². The first-order chi connectivity index (χ1) is 13.7. The molecule has 2 aromatic heterocycles. The molecule has 0 bridgehead atoms. The van der Waals surface area contributed by atoms with Gasteiger partial charge in [0, 0.05) is 58.4 Å². The van der Waals surface area contributed by atoms with Crippen molar-refractivity contribution < 1.29 is 4.79 Å². The van der Waals surface area contributed by atoms with Crippen LogP contribution < -0.4 is 11.5 Å². The van der Waals surface area contributed by atoms with E-state index in [1.54, 1.807) is 73.6 Å². The standard InChI is InChI=1S/C21H16N6O/c22-15-5-1-3-13(19(15)17-11-24-7-9-26-17)21(28)14-4-2-6-16(23)20(14)18-12-25-8-10-27-18/h1-12H,22-23H2. The molecule has 0 fully saturated rings. The molecule has 0 unspecified atom stereocenters. The van der Waals surface area contributed by atoms with Gasteiger partial charge in [0.25, 0.3) is 0 Å². The van der Waals surface area contributed by atoms with Gasteiger partial charge < -0.3 is 11.5 Å². The van der Waals surface area contributed by atoms with E-state index in [9.17, 15) is 4.79 Å². The van der Waals surface area contributed by atoms with Crippen LogP contribution >= 0.6 is 0 Å². The number of carbonyl (C=O) groups excluding carboxylic acids is 1. The van der Waals surface area contributed by atoms with E-state index in [0.29, 0.717) is 45.0 Å². The lowest BCUT2D eigenvalue weighted by Gasteiger charge is -2.14. The zero-order chi connectivity index (χ0) is 19.5. The molecule has 0 aliphatic heterocycles. The van der Waals surface area contributed by atoms with Gasteiger partial charge >= 0.3 is 0 Å². The molecule has 0 amide bonds. The maximum absolute atomic E-state index is 13.5. The summed E-state index contributed by atoms with van der Waals surface area (Å²) >= 11 is 0. The van der Waals surface area contributed by atoms with Gasteiger partial charge in [-0.05, 0) is 12.1 Å². The zero-order valence-electron chi connectivity index (χ0n) is 14.8. The Bertz CT molecular complexity index is 1060. The molecule has 7 heteroatoms. The number of benzene rings is 2. The zero-order valence-corrected chi connectivity index (χ0v) is 14.8. The van der Waals surface area contributed by atoms with E-state index in [-0.39, 0.29) is 5.78 Å². The molecule has 4 N–H and O–H groups in total. The molecule has 28 heavy (non-hydrogen) atoms. The van der Waals surface area contributed by atoms with Crippen LogP contribution in [0.2, 0.25) is 0 Å². The van der Waals surface area contributed by atoms with Crippen molar-refractivity contribution in [3.63, 3.8) is 0 Å². The summed E-state index contributed by atoms with van der Waals surface area (Å²) in [5.74, 6) is -0.235. The normalized spacial score (nSPS) is 10.6. The average molecular weight is 368 g/mol. The topological polar surface area (TPSA) is 121 Å². The Kier molecular flexibility index (Phi) is 4.47. The Balaban J connectivity index is 1.92. The highest BCUT2D eigenvalue weighted by molar-refractivity contribution is 6.17. The van der Waals surface area contributed by atoms with Crippen LogP contribution in [0.4, 0.5) is 11.4 Å². The van der Waals surface area contributed by atoms with Crippen LogP contribution in [0.25, 0.3) is 22.5 Å². The van der Waals surface area contributed by atoms with E-state index in [1.165, 1.54) is 0 Å². The molecule has 0 saturated carbocycles. The number of nitrogens with two attached hydrogens (primary N) is 2. The molecule has 4 rings (SSSR count). The number of carbonyl (C=O) groups is 1. The van der Waals surface area contributed by atoms with Crippen LogP contribution in [0.15, 0.2) is 73.6 Å². The van der Waals surface area contributed by atoms with Gasteiger partial charge in [-0.1, -0.05) is 24.3 Å². The Morgan fingerprint density at radius 2 is 1.14 bits per heavy atom. The van der Waals surface area contributed by atoms with Crippen molar-refractivity contribution in [2.45, 2.75) is 0 Å². The minimum absolute atomic E-state index is 0.235.